The summed E-state index contributed by atoms with van der Waals surface area (Å²) in [5, 5.41) is 2.91. The number of halogens is 1. The fourth-order valence-electron chi connectivity index (χ4n) is 4.06. The summed E-state index contributed by atoms with van der Waals surface area (Å²) >= 11 is 0. The first-order chi connectivity index (χ1) is 17.4. The normalized spacial score (nSPS) is 15.2. The van der Waals surface area contributed by atoms with E-state index in [0.29, 0.717) is 37.7 Å². The number of hydrogen-bond donors (Lipinski definition) is 2. The van der Waals surface area contributed by atoms with Gasteiger partial charge >= 0.3 is 0 Å². The lowest BCUT2D eigenvalue weighted by Crippen LogP contribution is -2.43. The Bertz CT molecular complexity index is 1290. The summed E-state index contributed by atoms with van der Waals surface area (Å²) in [4.78, 5) is 15.1. The van der Waals surface area contributed by atoms with Crippen LogP contribution in [-0.2, 0) is 14.8 Å². The molecule has 0 radical (unpaired) electrons. The van der Waals surface area contributed by atoms with Gasteiger partial charge in [0.25, 0.3) is 15.9 Å². The SMILES string of the molecule is COc1ccccc1NS(=O)(=O)c1cccc(C(=O)NCC(c2ccc(F)cc2)N2CCOCC2)c1. The summed E-state index contributed by atoms with van der Waals surface area (Å²) in [5.41, 5.74) is 1.37. The quantitative estimate of drug-likeness (QED) is 0.455. The van der Waals surface area contributed by atoms with E-state index < -0.39 is 15.9 Å². The van der Waals surface area contributed by atoms with Crippen LogP contribution in [0.1, 0.15) is 22.0 Å². The van der Waals surface area contributed by atoms with Gasteiger partial charge in [-0.2, -0.15) is 0 Å². The molecule has 1 saturated heterocycles. The van der Waals surface area contributed by atoms with Gasteiger partial charge in [-0.05, 0) is 48.0 Å². The molecule has 0 aliphatic carbocycles. The zero-order valence-corrected chi connectivity index (χ0v) is 20.6. The summed E-state index contributed by atoms with van der Waals surface area (Å²) in [5.74, 6) is -0.363. The predicted octanol–water partition coefficient (Wildman–Crippen LogP) is 3.44. The molecule has 10 heteroatoms. The van der Waals surface area contributed by atoms with Gasteiger partial charge in [0.1, 0.15) is 11.6 Å². The molecule has 3 aromatic carbocycles. The van der Waals surface area contributed by atoms with E-state index in [1.54, 1.807) is 42.5 Å². The van der Waals surface area contributed by atoms with Crippen molar-refractivity contribution in [2.45, 2.75) is 10.9 Å². The van der Waals surface area contributed by atoms with Crippen molar-refractivity contribution >= 4 is 21.6 Å². The highest BCUT2D eigenvalue weighted by Crippen LogP contribution is 2.26. The van der Waals surface area contributed by atoms with Crippen LogP contribution in [0.2, 0.25) is 0 Å². The van der Waals surface area contributed by atoms with E-state index in [0.717, 1.165) is 5.56 Å². The van der Waals surface area contributed by atoms with Gasteiger partial charge in [0.2, 0.25) is 0 Å². The first-order valence-electron chi connectivity index (χ1n) is 11.5. The van der Waals surface area contributed by atoms with Gasteiger partial charge in [0.15, 0.2) is 0 Å². The molecule has 1 heterocycles. The Labute approximate surface area is 210 Å². The standard InChI is InChI=1S/C26H28FN3O5S/c1-34-25-8-3-2-7-23(25)29-36(32,33)22-6-4-5-20(17-22)26(31)28-18-24(30-13-15-35-16-14-30)19-9-11-21(27)12-10-19/h2-12,17,24,29H,13-16,18H2,1H3,(H,28,31). The smallest absolute Gasteiger partial charge is 0.262 e. The average Bonchev–Trinajstić information content (AvgIpc) is 2.90. The number of nitrogens with zero attached hydrogens (tertiary/aromatic N) is 1. The Kier molecular flexibility index (Phi) is 8.19. The average molecular weight is 514 g/mol. The van der Waals surface area contributed by atoms with Gasteiger partial charge < -0.3 is 14.8 Å². The molecule has 0 spiro atoms. The molecule has 0 bridgehead atoms. The molecule has 2 N–H and O–H groups in total. The summed E-state index contributed by atoms with van der Waals surface area (Å²) in [7, 11) is -2.51. The van der Waals surface area contributed by atoms with Gasteiger partial charge in [0.05, 0.1) is 36.9 Å². The Balaban J connectivity index is 1.49. The Morgan fingerprint density at radius 1 is 1.06 bits per heavy atom. The van der Waals surface area contributed by atoms with Crippen molar-refractivity contribution in [3.05, 3.63) is 89.7 Å². The second-order valence-corrected chi connectivity index (χ2v) is 9.94. The minimum atomic E-state index is -3.97. The third-order valence-corrected chi connectivity index (χ3v) is 7.32. The van der Waals surface area contributed by atoms with Crippen LogP contribution in [-0.4, -0.2) is 59.2 Å². The lowest BCUT2D eigenvalue weighted by Gasteiger charge is -2.35. The fourth-order valence-corrected chi connectivity index (χ4v) is 5.18. The highest BCUT2D eigenvalue weighted by atomic mass is 32.2. The van der Waals surface area contributed by atoms with E-state index in [9.17, 15) is 17.6 Å². The van der Waals surface area contributed by atoms with Crippen molar-refractivity contribution in [3.63, 3.8) is 0 Å². The van der Waals surface area contributed by atoms with Crippen molar-refractivity contribution in [3.8, 4) is 5.75 Å². The number of morpholine rings is 1. The number of rotatable bonds is 9. The summed E-state index contributed by atoms with van der Waals surface area (Å²) < 4.78 is 52.6. The summed E-state index contributed by atoms with van der Waals surface area (Å²) in [6.45, 7) is 2.77. The maximum absolute atomic E-state index is 13.5. The summed E-state index contributed by atoms with van der Waals surface area (Å²) in [6, 6.07) is 18.5. The Hall–Kier alpha value is -3.47. The van der Waals surface area contributed by atoms with Crippen molar-refractivity contribution in [2.75, 3.05) is 44.7 Å². The number of amides is 1. The monoisotopic (exact) mass is 513 g/mol. The molecule has 4 rings (SSSR count). The van der Waals surface area contributed by atoms with Gasteiger partial charge in [-0.1, -0.05) is 30.3 Å². The van der Waals surface area contributed by atoms with Crippen LogP contribution in [0.15, 0.2) is 77.7 Å². The largest absolute Gasteiger partial charge is 0.495 e. The number of nitrogens with one attached hydrogen (secondary N) is 2. The van der Waals surface area contributed by atoms with Crippen LogP contribution in [0.3, 0.4) is 0 Å². The third kappa shape index (κ3) is 6.20. The Morgan fingerprint density at radius 2 is 1.78 bits per heavy atom. The maximum atomic E-state index is 13.5. The number of benzene rings is 3. The van der Waals surface area contributed by atoms with E-state index in [1.807, 2.05) is 0 Å². The van der Waals surface area contributed by atoms with Crippen LogP contribution in [0.25, 0.3) is 0 Å². The second-order valence-electron chi connectivity index (χ2n) is 8.26. The number of sulfonamides is 1. The van der Waals surface area contributed by atoms with Crippen LogP contribution in [0, 0.1) is 5.82 Å². The van der Waals surface area contributed by atoms with E-state index >= 15 is 0 Å². The van der Waals surface area contributed by atoms with Crippen LogP contribution in [0.5, 0.6) is 5.75 Å². The molecule has 1 aliphatic rings. The molecule has 8 nitrogen and oxygen atoms in total. The van der Waals surface area contributed by atoms with E-state index in [4.69, 9.17) is 9.47 Å². The highest BCUT2D eigenvalue weighted by molar-refractivity contribution is 7.92. The van der Waals surface area contributed by atoms with E-state index in [-0.39, 0.29) is 28.9 Å². The molecule has 0 aromatic heterocycles. The van der Waals surface area contributed by atoms with Gasteiger partial charge in [0, 0.05) is 25.2 Å². The first kappa shape index (κ1) is 25.6. The molecule has 0 saturated carbocycles. The van der Waals surface area contributed by atoms with Crippen molar-refractivity contribution in [2.24, 2.45) is 0 Å². The molecule has 3 aromatic rings. The van der Waals surface area contributed by atoms with Crippen LogP contribution < -0.4 is 14.8 Å². The van der Waals surface area contributed by atoms with Crippen molar-refractivity contribution in [1.82, 2.24) is 10.2 Å². The zero-order valence-electron chi connectivity index (χ0n) is 19.8. The zero-order chi connectivity index (χ0) is 25.5. The molecule has 1 unspecified atom stereocenters. The number of ether oxygens (including phenoxy) is 2. The molecule has 1 atom stereocenters. The molecular formula is C26H28FN3O5S. The highest BCUT2D eigenvalue weighted by Gasteiger charge is 2.24. The molecule has 1 aliphatic heterocycles. The number of carbonyl (C=O) groups is 1. The maximum Gasteiger partial charge on any atom is 0.262 e. The molecule has 1 fully saturated rings. The van der Waals surface area contributed by atoms with Crippen molar-refractivity contribution in [1.29, 1.82) is 0 Å². The van der Waals surface area contributed by atoms with E-state index in [2.05, 4.69) is 14.9 Å². The van der Waals surface area contributed by atoms with Gasteiger partial charge in [-0.3, -0.25) is 14.4 Å². The minimum Gasteiger partial charge on any atom is -0.495 e. The fraction of sp³-hybridized carbons (Fsp3) is 0.269. The predicted molar refractivity (Wildman–Crippen MR) is 134 cm³/mol. The topological polar surface area (TPSA) is 97.0 Å². The van der Waals surface area contributed by atoms with Crippen molar-refractivity contribution < 1.29 is 27.1 Å². The number of anilines is 1. The Morgan fingerprint density at radius 3 is 2.50 bits per heavy atom. The lowest BCUT2D eigenvalue weighted by atomic mass is 10.0. The first-order valence-corrected chi connectivity index (χ1v) is 13.0. The minimum absolute atomic E-state index is 0.0516. The molecule has 190 valence electrons. The summed E-state index contributed by atoms with van der Waals surface area (Å²) in [6.07, 6.45) is 0. The molecular weight excluding hydrogens is 485 g/mol. The van der Waals surface area contributed by atoms with Gasteiger partial charge in [-0.15, -0.1) is 0 Å². The number of para-hydroxylation sites is 2. The van der Waals surface area contributed by atoms with Crippen LogP contribution in [0.4, 0.5) is 10.1 Å². The van der Waals surface area contributed by atoms with Gasteiger partial charge in [-0.25, -0.2) is 12.8 Å². The number of carbonyl (C=O) groups excluding carboxylic acids is 1. The molecule has 1 amide bonds. The molecule has 36 heavy (non-hydrogen) atoms. The third-order valence-electron chi connectivity index (χ3n) is 5.96. The second kappa shape index (κ2) is 11.5. The number of methoxy groups -OCH3 is 1. The number of hydrogen-bond acceptors (Lipinski definition) is 6. The van der Waals surface area contributed by atoms with E-state index in [1.165, 1.54) is 37.4 Å². The van der Waals surface area contributed by atoms with Crippen LogP contribution >= 0.6 is 0 Å². The lowest BCUT2D eigenvalue weighted by molar-refractivity contribution is 0.0162.